The highest BCUT2D eigenvalue weighted by Gasteiger charge is 2.36. The number of halogens is 3. The zero-order chi connectivity index (χ0) is 30.7. The summed E-state index contributed by atoms with van der Waals surface area (Å²) in [5, 5.41) is 12.0. The molecule has 3 unspecified atom stereocenters. The van der Waals surface area contributed by atoms with Gasteiger partial charge in [-0.3, -0.25) is 4.79 Å². The van der Waals surface area contributed by atoms with Crippen LogP contribution in [0.2, 0.25) is 0 Å². The standard InChI is InChI=1S/C32H32F3N3O5/c1-18(32(40)41)43-23-14-12-22(13-15-23)36-31(39)28(19-6-4-3-5-7-19)38-27-17-25(35)24(34)16-26(27)37-30(38)29(42-2)20-8-10-21(33)11-9-20/h8-19,28-29H,3-7H2,1-2H3,(H,36,39)(H,40,41). The predicted molar refractivity (Wildman–Crippen MR) is 153 cm³/mol. The number of aliphatic carboxylic acids is 1. The Balaban J connectivity index is 1.59. The first-order chi connectivity index (χ1) is 20.7. The second-order valence-electron chi connectivity index (χ2n) is 10.7. The lowest BCUT2D eigenvalue weighted by Gasteiger charge is -2.33. The number of ether oxygens (including phenoxy) is 2. The molecule has 1 fully saturated rings. The summed E-state index contributed by atoms with van der Waals surface area (Å²) in [4.78, 5) is 29.9. The first kappa shape index (κ1) is 30.1. The van der Waals surface area contributed by atoms with Gasteiger partial charge in [-0.1, -0.05) is 31.4 Å². The van der Waals surface area contributed by atoms with E-state index in [0.717, 1.165) is 44.2 Å². The van der Waals surface area contributed by atoms with Crippen LogP contribution in [0, 0.1) is 23.4 Å². The van der Waals surface area contributed by atoms with Crippen LogP contribution in [0.15, 0.2) is 60.7 Å². The number of anilines is 1. The lowest BCUT2D eigenvalue weighted by molar-refractivity contribution is -0.144. The Kier molecular flexibility index (Phi) is 9.00. The molecule has 2 N–H and O–H groups in total. The number of hydrogen-bond acceptors (Lipinski definition) is 5. The normalized spacial score (nSPS) is 16.0. The van der Waals surface area contributed by atoms with E-state index in [2.05, 4.69) is 10.3 Å². The van der Waals surface area contributed by atoms with E-state index >= 15 is 0 Å². The molecule has 3 aromatic carbocycles. The van der Waals surface area contributed by atoms with Gasteiger partial charge in [-0.05, 0) is 67.6 Å². The molecule has 0 aliphatic heterocycles. The van der Waals surface area contributed by atoms with Gasteiger partial charge in [0, 0.05) is 24.9 Å². The highest BCUT2D eigenvalue weighted by molar-refractivity contribution is 5.95. The van der Waals surface area contributed by atoms with Crippen LogP contribution in [0.3, 0.4) is 0 Å². The molecule has 0 spiro atoms. The van der Waals surface area contributed by atoms with Gasteiger partial charge >= 0.3 is 5.97 Å². The molecule has 1 aliphatic rings. The molecule has 1 amide bonds. The number of methoxy groups -OCH3 is 1. The Labute approximate surface area is 246 Å². The molecule has 0 bridgehead atoms. The van der Waals surface area contributed by atoms with Crippen molar-refractivity contribution in [3.63, 3.8) is 0 Å². The van der Waals surface area contributed by atoms with Crippen molar-refractivity contribution >= 4 is 28.6 Å². The van der Waals surface area contributed by atoms with Crippen LogP contribution in [-0.4, -0.2) is 39.7 Å². The second kappa shape index (κ2) is 12.9. The van der Waals surface area contributed by atoms with Crippen molar-refractivity contribution in [1.82, 2.24) is 9.55 Å². The number of amides is 1. The second-order valence-corrected chi connectivity index (χ2v) is 10.7. The average molecular weight is 596 g/mol. The fraction of sp³-hybridized carbons (Fsp3) is 0.344. The van der Waals surface area contributed by atoms with Gasteiger partial charge in [-0.15, -0.1) is 0 Å². The molecule has 226 valence electrons. The van der Waals surface area contributed by atoms with Crippen LogP contribution >= 0.6 is 0 Å². The van der Waals surface area contributed by atoms with E-state index in [9.17, 15) is 22.8 Å². The van der Waals surface area contributed by atoms with Gasteiger partial charge in [0.05, 0.1) is 11.0 Å². The van der Waals surface area contributed by atoms with E-state index < -0.39 is 47.6 Å². The lowest BCUT2D eigenvalue weighted by Crippen LogP contribution is -2.35. The zero-order valence-electron chi connectivity index (χ0n) is 23.7. The Hall–Kier alpha value is -4.38. The number of carbonyl (C=O) groups excluding carboxylic acids is 1. The molecule has 8 nitrogen and oxygen atoms in total. The van der Waals surface area contributed by atoms with E-state index in [1.807, 2.05) is 0 Å². The highest BCUT2D eigenvalue weighted by atomic mass is 19.2. The maximum atomic E-state index is 14.7. The maximum Gasteiger partial charge on any atom is 0.344 e. The van der Waals surface area contributed by atoms with Gasteiger partial charge in [0.2, 0.25) is 5.91 Å². The number of aromatic nitrogens is 2. The molecule has 1 aliphatic carbocycles. The van der Waals surface area contributed by atoms with E-state index in [0.29, 0.717) is 17.0 Å². The number of nitrogens with one attached hydrogen (secondary N) is 1. The molecule has 3 atom stereocenters. The summed E-state index contributed by atoms with van der Waals surface area (Å²) in [7, 11) is 1.45. The van der Waals surface area contributed by atoms with E-state index in [1.165, 1.54) is 26.2 Å². The van der Waals surface area contributed by atoms with Gasteiger partial charge in [-0.25, -0.2) is 22.9 Å². The van der Waals surface area contributed by atoms with Gasteiger partial charge in [0.15, 0.2) is 17.7 Å². The van der Waals surface area contributed by atoms with E-state index in [4.69, 9.17) is 14.6 Å². The Morgan fingerprint density at radius 1 is 0.977 bits per heavy atom. The fourth-order valence-electron chi connectivity index (χ4n) is 5.69. The maximum absolute atomic E-state index is 14.7. The van der Waals surface area contributed by atoms with Gasteiger partial charge in [0.25, 0.3) is 0 Å². The van der Waals surface area contributed by atoms with Crippen molar-refractivity contribution in [1.29, 1.82) is 0 Å². The molecule has 4 aromatic rings. The van der Waals surface area contributed by atoms with Gasteiger partial charge in [0.1, 0.15) is 29.5 Å². The third-order valence-corrected chi connectivity index (χ3v) is 7.83. The SMILES string of the molecule is COC(c1ccc(F)cc1)c1nc2cc(F)c(F)cc2n1C(C(=O)Nc1ccc(OC(C)C(=O)O)cc1)C1CCCCC1. The molecule has 1 heterocycles. The third kappa shape index (κ3) is 6.51. The van der Waals surface area contributed by atoms with Crippen molar-refractivity contribution in [3.05, 3.63) is 89.5 Å². The average Bonchev–Trinajstić information content (AvgIpc) is 3.33. The Bertz CT molecular complexity index is 1600. The fourth-order valence-corrected chi connectivity index (χ4v) is 5.69. The van der Waals surface area contributed by atoms with Crippen molar-refractivity contribution in [3.8, 4) is 5.75 Å². The summed E-state index contributed by atoms with van der Waals surface area (Å²) in [6.07, 6.45) is 2.37. The largest absolute Gasteiger partial charge is 0.479 e. The summed E-state index contributed by atoms with van der Waals surface area (Å²) < 4.78 is 55.6. The smallest absolute Gasteiger partial charge is 0.344 e. The molecular weight excluding hydrogens is 563 g/mol. The monoisotopic (exact) mass is 595 g/mol. The molecule has 1 saturated carbocycles. The topological polar surface area (TPSA) is 103 Å². The molecular formula is C32H32F3N3O5. The molecule has 1 aromatic heterocycles. The molecule has 0 radical (unpaired) electrons. The van der Waals surface area contributed by atoms with Gasteiger partial charge < -0.3 is 24.5 Å². The molecule has 11 heteroatoms. The van der Waals surface area contributed by atoms with Crippen molar-refractivity contribution in [2.24, 2.45) is 5.92 Å². The predicted octanol–water partition coefficient (Wildman–Crippen LogP) is 6.80. The minimum Gasteiger partial charge on any atom is -0.479 e. The number of fused-ring (bicyclic) bond motifs is 1. The number of hydrogen-bond donors (Lipinski definition) is 2. The zero-order valence-corrected chi connectivity index (χ0v) is 23.7. The minimum absolute atomic E-state index is 0.150. The number of carboxylic acid groups (broad SMARTS) is 1. The third-order valence-electron chi connectivity index (χ3n) is 7.83. The van der Waals surface area contributed by atoms with Crippen molar-refractivity contribution < 1.29 is 37.3 Å². The molecule has 5 rings (SSSR count). The number of carbonyl (C=O) groups is 2. The highest BCUT2D eigenvalue weighted by Crippen LogP contribution is 2.40. The van der Waals surface area contributed by atoms with Crippen LogP contribution < -0.4 is 10.1 Å². The van der Waals surface area contributed by atoms with Crippen LogP contribution in [-0.2, 0) is 14.3 Å². The van der Waals surface area contributed by atoms with E-state index in [1.54, 1.807) is 41.0 Å². The van der Waals surface area contributed by atoms with Crippen LogP contribution in [0.25, 0.3) is 11.0 Å². The van der Waals surface area contributed by atoms with Crippen LogP contribution in [0.1, 0.15) is 62.6 Å². The Morgan fingerprint density at radius 3 is 2.26 bits per heavy atom. The first-order valence-corrected chi connectivity index (χ1v) is 14.1. The summed E-state index contributed by atoms with van der Waals surface area (Å²) in [6, 6.07) is 13.1. The van der Waals surface area contributed by atoms with Crippen molar-refractivity contribution in [2.75, 3.05) is 12.4 Å². The number of rotatable bonds is 10. The van der Waals surface area contributed by atoms with Crippen LogP contribution in [0.4, 0.5) is 18.9 Å². The van der Waals surface area contributed by atoms with Gasteiger partial charge in [-0.2, -0.15) is 0 Å². The number of nitrogens with zero attached hydrogens (tertiary/aromatic N) is 2. The summed E-state index contributed by atoms with van der Waals surface area (Å²) in [5.41, 5.74) is 1.37. The minimum atomic E-state index is -1.11. The molecule has 0 saturated heterocycles. The summed E-state index contributed by atoms with van der Waals surface area (Å²) >= 11 is 0. The van der Waals surface area contributed by atoms with E-state index in [-0.39, 0.29) is 22.8 Å². The molecule has 43 heavy (non-hydrogen) atoms. The summed E-state index contributed by atoms with van der Waals surface area (Å²) in [6.45, 7) is 1.41. The Morgan fingerprint density at radius 2 is 1.63 bits per heavy atom. The lowest BCUT2D eigenvalue weighted by atomic mass is 9.83. The number of carboxylic acids is 1. The first-order valence-electron chi connectivity index (χ1n) is 14.1. The summed E-state index contributed by atoms with van der Waals surface area (Å²) in [5.74, 6) is -3.67. The number of imidazole rings is 1. The van der Waals surface area contributed by atoms with Crippen molar-refractivity contribution in [2.45, 2.75) is 57.3 Å². The quantitative estimate of drug-likeness (QED) is 0.209. The number of benzene rings is 3. The van der Waals surface area contributed by atoms with Crippen LogP contribution in [0.5, 0.6) is 5.75 Å².